The summed E-state index contributed by atoms with van der Waals surface area (Å²) in [6.07, 6.45) is 5.12. The molecule has 4 heteroatoms. The molecule has 0 atom stereocenters. The van der Waals surface area contributed by atoms with Crippen LogP contribution in [0.1, 0.15) is 29.8 Å². The Morgan fingerprint density at radius 1 is 1.27 bits per heavy atom. The molecular formula is C11H13BrN2O. The van der Waals surface area contributed by atoms with Crippen molar-refractivity contribution in [3.8, 4) is 0 Å². The first-order valence-corrected chi connectivity index (χ1v) is 5.97. The van der Waals surface area contributed by atoms with E-state index in [4.69, 9.17) is 0 Å². The Labute approximate surface area is 97.6 Å². The van der Waals surface area contributed by atoms with Crippen LogP contribution in [0.15, 0.2) is 22.8 Å². The second kappa shape index (κ2) is 4.75. The maximum Gasteiger partial charge on any atom is 0.272 e. The molecule has 15 heavy (non-hydrogen) atoms. The average Bonchev–Trinajstić information content (AvgIpc) is 2.30. The zero-order valence-corrected chi connectivity index (χ0v) is 10.0. The van der Waals surface area contributed by atoms with Crippen LogP contribution in [0.25, 0.3) is 0 Å². The van der Waals surface area contributed by atoms with Crippen LogP contribution in [0.5, 0.6) is 0 Å². The Hall–Kier alpha value is -0.900. The van der Waals surface area contributed by atoms with Gasteiger partial charge in [-0.2, -0.15) is 0 Å². The molecule has 0 N–H and O–H groups in total. The van der Waals surface area contributed by atoms with Gasteiger partial charge in [-0.1, -0.05) is 0 Å². The minimum atomic E-state index is 0.0576. The fourth-order valence-electron chi connectivity index (χ4n) is 1.76. The molecule has 2 heterocycles. The van der Waals surface area contributed by atoms with Gasteiger partial charge in [-0.15, -0.1) is 0 Å². The first-order valence-electron chi connectivity index (χ1n) is 5.18. The van der Waals surface area contributed by atoms with Gasteiger partial charge in [0, 0.05) is 23.8 Å². The number of carbonyl (C=O) groups excluding carboxylic acids is 1. The van der Waals surface area contributed by atoms with Crippen LogP contribution in [0, 0.1) is 0 Å². The van der Waals surface area contributed by atoms with Crippen molar-refractivity contribution in [1.82, 2.24) is 9.88 Å². The van der Waals surface area contributed by atoms with E-state index in [9.17, 15) is 4.79 Å². The summed E-state index contributed by atoms with van der Waals surface area (Å²) in [5.74, 6) is 0.0576. The van der Waals surface area contributed by atoms with Crippen LogP contribution in [-0.4, -0.2) is 28.9 Å². The van der Waals surface area contributed by atoms with E-state index in [0.717, 1.165) is 30.4 Å². The lowest BCUT2D eigenvalue weighted by Gasteiger charge is -2.26. The number of nitrogens with zero attached hydrogens (tertiary/aromatic N) is 2. The number of halogens is 1. The highest BCUT2D eigenvalue weighted by atomic mass is 79.9. The summed E-state index contributed by atoms with van der Waals surface area (Å²) < 4.78 is 0.901. The topological polar surface area (TPSA) is 33.2 Å². The van der Waals surface area contributed by atoms with E-state index in [1.165, 1.54) is 6.42 Å². The second-order valence-corrected chi connectivity index (χ2v) is 4.63. The molecule has 1 fully saturated rings. The Morgan fingerprint density at radius 3 is 2.60 bits per heavy atom. The van der Waals surface area contributed by atoms with E-state index in [1.54, 1.807) is 12.3 Å². The van der Waals surface area contributed by atoms with E-state index >= 15 is 0 Å². The fraction of sp³-hybridized carbons (Fsp3) is 0.455. The van der Waals surface area contributed by atoms with Gasteiger partial charge in [-0.05, 0) is 47.3 Å². The Kier molecular flexibility index (Phi) is 3.36. The predicted octanol–water partition coefficient (Wildman–Crippen LogP) is 2.47. The number of carbonyl (C=O) groups is 1. The Balaban J connectivity index is 2.09. The summed E-state index contributed by atoms with van der Waals surface area (Å²) in [5, 5.41) is 0. The highest BCUT2D eigenvalue weighted by Crippen LogP contribution is 2.13. The highest BCUT2D eigenvalue weighted by molar-refractivity contribution is 9.10. The zero-order chi connectivity index (χ0) is 10.7. The summed E-state index contributed by atoms with van der Waals surface area (Å²) in [5.41, 5.74) is 0.542. The van der Waals surface area contributed by atoms with Gasteiger partial charge in [-0.3, -0.25) is 4.79 Å². The van der Waals surface area contributed by atoms with Gasteiger partial charge in [0.15, 0.2) is 0 Å². The molecule has 0 aliphatic carbocycles. The number of rotatable bonds is 1. The SMILES string of the molecule is O=C(c1ccc(Br)cn1)N1CCCCC1. The van der Waals surface area contributed by atoms with Gasteiger partial charge < -0.3 is 4.90 Å². The third-order valence-corrected chi connectivity index (χ3v) is 3.06. The molecule has 0 unspecified atom stereocenters. The molecule has 1 aromatic heterocycles. The van der Waals surface area contributed by atoms with Crippen LogP contribution in [0.4, 0.5) is 0 Å². The highest BCUT2D eigenvalue weighted by Gasteiger charge is 2.18. The molecule has 0 bridgehead atoms. The van der Waals surface area contributed by atoms with Crippen LogP contribution < -0.4 is 0 Å². The largest absolute Gasteiger partial charge is 0.337 e. The molecule has 80 valence electrons. The summed E-state index contributed by atoms with van der Waals surface area (Å²) in [4.78, 5) is 18.0. The van der Waals surface area contributed by atoms with Crippen molar-refractivity contribution in [3.63, 3.8) is 0 Å². The smallest absolute Gasteiger partial charge is 0.272 e. The second-order valence-electron chi connectivity index (χ2n) is 3.71. The van der Waals surface area contributed by atoms with Gasteiger partial charge in [-0.25, -0.2) is 4.98 Å². The molecule has 1 aliphatic rings. The molecule has 1 aliphatic heterocycles. The van der Waals surface area contributed by atoms with Gasteiger partial charge in [0.1, 0.15) is 5.69 Å². The number of piperidine rings is 1. The van der Waals surface area contributed by atoms with Crippen molar-refractivity contribution in [2.45, 2.75) is 19.3 Å². The predicted molar refractivity (Wildman–Crippen MR) is 61.7 cm³/mol. The Morgan fingerprint density at radius 2 is 2.00 bits per heavy atom. The summed E-state index contributed by atoms with van der Waals surface area (Å²) in [6.45, 7) is 1.74. The third kappa shape index (κ3) is 2.56. The summed E-state index contributed by atoms with van der Waals surface area (Å²) >= 11 is 3.30. The molecule has 1 saturated heterocycles. The minimum absolute atomic E-state index is 0.0576. The van der Waals surface area contributed by atoms with Gasteiger partial charge in [0.05, 0.1) is 0 Å². The number of likely N-dealkylation sites (tertiary alicyclic amines) is 1. The number of aromatic nitrogens is 1. The monoisotopic (exact) mass is 268 g/mol. The first-order chi connectivity index (χ1) is 7.27. The van der Waals surface area contributed by atoms with Crippen molar-refractivity contribution >= 4 is 21.8 Å². The molecule has 0 saturated carbocycles. The molecule has 0 radical (unpaired) electrons. The lowest BCUT2D eigenvalue weighted by Crippen LogP contribution is -2.36. The standard InChI is InChI=1S/C11H13BrN2O/c12-9-4-5-10(13-8-9)11(15)14-6-2-1-3-7-14/h4-5,8H,1-3,6-7H2. The van der Waals surface area contributed by atoms with E-state index < -0.39 is 0 Å². The maximum absolute atomic E-state index is 12.0. The van der Waals surface area contributed by atoms with E-state index in [0.29, 0.717) is 5.69 Å². The van der Waals surface area contributed by atoms with Crippen LogP contribution in [-0.2, 0) is 0 Å². The Bertz CT molecular complexity index is 344. The van der Waals surface area contributed by atoms with E-state index in [1.807, 2.05) is 11.0 Å². The van der Waals surface area contributed by atoms with Gasteiger partial charge in [0.25, 0.3) is 5.91 Å². The van der Waals surface area contributed by atoms with Crippen molar-refractivity contribution < 1.29 is 4.79 Å². The fourth-order valence-corrected chi connectivity index (χ4v) is 2.00. The van der Waals surface area contributed by atoms with Gasteiger partial charge in [0.2, 0.25) is 0 Å². The number of amides is 1. The van der Waals surface area contributed by atoms with Crippen molar-refractivity contribution in [2.75, 3.05) is 13.1 Å². The van der Waals surface area contributed by atoms with Crippen molar-refractivity contribution in [3.05, 3.63) is 28.5 Å². The summed E-state index contributed by atoms with van der Waals surface area (Å²) in [6, 6.07) is 3.62. The quantitative estimate of drug-likeness (QED) is 0.784. The lowest BCUT2D eigenvalue weighted by molar-refractivity contribution is 0.0718. The van der Waals surface area contributed by atoms with Crippen molar-refractivity contribution in [2.24, 2.45) is 0 Å². The number of hydrogen-bond donors (Lipinski definition) is 0. The third-order valence-electron chi connectivity index (χ3n) is 2.59. The van der Waals surface area contributed by atoms with Crippen LogP contribution in [0.2, 0.25) is 0 Å². The lowest BCUT2D eigenvalue weighted by atomic mass is 10.1. The van der Waals surface area contributed by atoms with E-state index in [2.05, 4.69) is 20.9 Å². The van der Waals surface area contributed by atoms with Crippen molar-refractivity contribution in [1.29, 1.82) is 0 Å². The van der Waals surface area contributed by atoms with Crippen LogP contribution >= 0.6 is 15.9 Å². The number of hydrogen-bond acceptors (Lipinski definition) is 2. The average molecular weight is 269 g/mol. The molecule has 1 aromatic rings. The maximum atomic E-state index is 12.0. The first kappa shape index (κ1) is 10.6. The molecule has 3 nitrogen and oxygen atoms in total. The molecular weight excluding hydrogens is 256 g/mol. The van der Waals surface area contributed by atoms with Crippen LogP contribution in [0.3, 0.4) is 0 Å². The summed E-state index contributed by atoms with van der Waals surface area (Å²) in [7, 11) is 0. The molecule has 0 aromatic carbocycles. The molecule has 1 amide bonds. The normalized spacial score (nSPS) is 16.5. The van der Waals surface area contributed by atoms with Gasteiger partial charge >= 0.3 is 0 Å². The molecule has 0 spiro atoms. The number of pyridine rings is 1. The molecule has 2 rings (SSSR count). The minimum Gasteiger partial charge on any atom is -0.337 e. The van der Waals surface area contributed by atoms with E-state index in [-0.39, 0.29) is 5.91 Å². The zero-order valence-electron chi connectivity index (χ0n) is 8.45.